The third-order valence-electron chi connectivity index (χ3n) is 4.37. The third-order valence-corrected chi connectivity index (χ3v) is 4.37. The molecule has 2 aromatic heterocycles. The maximum Gasteiger partial charge on any atom is 0.352 e. The number of carbonyl (C=O) groups excluding carboxylic acids is 1. The van der Waals surface area contributed by atoms with Crippen LogP contribution in [0.4, 0.5) is 21.6 Å². The Bertz CT molecular complexity index is 1220. The number of hydrogen-bond donors (Lipinski definition) is 1. The summed E-state index contributed by atoms with van der Waals surface area (Å²) < 4.78 is 15.4. The fourth-order valence-corrected chi connectivity index (χ4v) is 2.79. The van der Waals surface area contributed by atoms with Gasteiger partial charge in [0.25, 0.3) is 5.78 Å². The molecule has 0 aliphatic carbocycles. The van der Waals surface area contributed by atoms with Gasteiger partial charge in [0.05, 0.1) is 0 Å². The van der Waals surface area contributed by atoms with Crippen molar-refractivity contribution in [2.24, 2.45) is 0 Å². The molecule has 8 nitrogen and oxygen atoms in total. The lowest BCUT2D eigenvalue weighted by Crippen LogP contribution is -2.34. The van der Waals surface area contributed by atoms with Crippen molar-refractivity contribution in [1.29, 1.82) is 0 Å². The van der Waals surface area contributed by atoms with E-state index in [1.54, 1.807) is 37.4 Å². The van der Waals surface area contributed by atoms with E-state index in [1.165, 1.54) is 27.6 Å². The fraction of sp³-hybridized carbons (Fsp3) is 0.100. The quantitative estimate of drug-likeness (QED) is 0.564. The number of likely N-dealkylation sites (N-methyl/N-ethyl adjacent to an activating group) is 1. The van der Waals surface area contributed by atoms with Crippen LogP contribution in [0, 0.1) is 5.82 Å². The molecule has 0 radical (unpaired) electrons. The number of nitrogens with zero attached hydrogens (tertiary/aromatic N) is 5. The maximum absolute atomic E-state index is 13.0. The van der Waals surface area contributed by atoms with E-state index in [4.69, 9.17) is 0 Å². The highest BCUT2D eigenvalue weighted by atomic mass is 19.1. The molecule has 9 heteroatoms. The van der Waals surface area contributed by atoms with Crippen LogP contribution in [0.3, 0.4) is 0 Å². The summed E-state index contributed by atoms with van der Waals surface area (Å²) in [7, 11) is 1.64. The smallest absolute Gasteiger partial charge is 0.340 e. The molecule has 0 aliphatic rings. The lowest BCUT2D eigenvalue weighted by Gasteiger charge is -2.16. The monoisotopic (exact) mass is 392 g/mol. The molecule has 0 unspecified atom stereocenters. The van der Waals surface area contributed by atoms with E-state index in [1.807, 2.05) is 18.2 Å². The van der Waals surface area contributed by atoms with Crippen LogP contribution in [0.1, 0.15) is 0 Å². The van der Waals surface area contributed by atoms with Crippen molar-refractivity contribution in [3.63, 3.8) is 0 Å². The molecule has 4 aromatic rings. The molecule has 2 aromatic carbocycles. The molecule has 4 rings (SSSR count). The number of rotatable bonds is 5. The maximum atomic E-state index is 13.0. The van der Waals surface area contributed by atoms with E-state index >= 15 is 0 Å². The summed E-state index contributed by atoms with van der Waals surface area (Å²) >= 11 is 0. The van der Waals surface area contributed by atoms with Gasteiger partial charge in [0.15, 0.2) is 0 Å². The Balaban J connectivity index is 1.56. The van der Waals surface area contributed by atoms with Gasteiger partial charge in [0.2, 0.25) is 5.91 Å². The number of nitrogens with one attached hydrogen (secondary N) is 1. The molecule has 1 amide bonds. The zero-order valence-electron chi connectivity index (χ0n) is 15.5. The van der Waals surface area contributed by atoms with Crippen LogP contribution in [-0.4, -0.2) is 32.1 Å². The first-order valence-electron chi connectivity index (χ1n) is 8.82. The fourth-order valence-electron chi connectivity index (χ4n) is 2.79. The van der Waals surface area contributed by atoms with Gasteiger partial charge in [-0.2, -0.15) is 4.98 Å². The van der Waals surface area contributed by atoms with Gasteiger partial charge in [-0.05, 0) is 42.5 Å². The van der Waals surface area contributed by atoms with Gasteiger partial charge in [0.1, 0.15) is 18.2 Å². The summed E-state index contributed by atoms with van der Waals surface area (Å²) in [5.74, 6) is -0.0352. The molecule has 1 N–H and O–H groups in total. The van der Waals surface area contributed by atoms with Gasteiger partial charge in [-0.15, -0.1) is 5.10 Å². The van der Waals surface area contributed by atoms with E-state index in [-0.39, 0.29) is 24.0 Å². The molecule has 0 fully saturated rings. The van der Waals surface area contributed by atoms with Gasteiger partial charge >= 0.3 is 5.69 Å². The highest BCUT2D eigenvalue weighted by molar-refractivity contribution is 5.92. The Labute approximate surface area is 164 Å². The molecule has 0 spiro atoms. The summed E-state index contributed by atoms with van der Waals surface area (Å²) in [6.45, 7) is -0.214. The zero-order valence-corrected chi connectivity index (χ0v) is 15.5. The minimum absolute atomic E-state index is 0.150. The van der Waals surface area contributed by atoms with Gasteiger partial charge in [-0.1, -0.05) is 18.2 Å². The molecular weight excluding hydrogens is 375 g/mol. The number of hydrogen-bond acceptors (Lipinski definition) is 5. The van der Waals surface area contributed by atoms with Crippen molar-refractivity contribution in [3.8, 4) is 0 Å². The first-order chi connectivity index (χ1) is 14.0. The Kier molecular flexibility index (Phi) is 4.78. The van der Waals surface area contributed by atoms with Gasteiger partial charge in [-0.25, -0.2) is 18.3 Å². The van der Waals surface area contributed by atoms with Crippen molar-refractivity contribution < 1.29 is 9.18 Å². The highest BCUT2D eigenvalue weighted by Gasteiger charge is 2.16. The van der Waals surface area contributed by atoms with E-state index in [9.17, 15) is 14.0 Å². The number of fused-ring (bicyclic) bond motifs is 1. The van der Waals surface area contributed by atoms with E-state index < -0.39 is 5.69 Å². The summed E-state index contributed by atoms with van der Waals surface area (Å²) in [5.41, 5.74) is 0.901. The average Bonchev–Trinajstić information content (AvgIpc) is 3.04. The van der Waals surface area contributed by atoms with Crippen LogP contribution in [0.25, 0.3) is 5.78 Å². The lowest BCUT2D eigenvalue weighted by molar-refractivity contribution is -0.119. The van der Waals surface area contributed by atoms with Crippen molar-refractivity contribution in [2.75, 3.05) is 17.3 Å². The normalized spacial score (nSPS) is 10.8. The molecule has 2 heterocycles. The molecule has 0 atom stereocenters. The second-order valence-electron chi connectivity index (χ2n) is 6.34. The van der Waals surface area contributed by atoms with Crippen molar-refractivity contribution in [1.82, 2.24) is 19.2 Å². The second kappa shape index (κ2) is 7.55. The van der Waals surface area contributed by atoms with E-state index in [0.29, 0.717) is 11.5 Å². The minimum Gasteiger partial charge on any atom is -0.340 e. The average molecular weight is 392 g/mol. The predicted molar refractivity (Wildman–Crippen MR) is 107 cm³/mol. The number of anilines is 3. The van der Waals surface area contributed by atoms with Gasteiger partial charge in [0, 0.05) is 24.6 Å². The van der Waals surface area contributed by atoms with Crippen LogP contribution in [0.2, 0.25) is 0 Å². The van der Waals surface area contributed by atoms with Crippen LogP contribution in [0.5, 0.6) is 0 Å². The number of halogens is 1. The number of benzene rings is 2. The molecule has 0 saturated heterocycles. The predicted octanol–water partition coefficient (Wildman–Crippen LogP) is 2.44. The Morgan fingerprint density at radius 2 is 1.83 bits per heavy atom. The molecule has 0 aliphatic heterocycles. The highest BCUT2D eigenvalue weighted by Crippen LogP contribution is 2.15. The first-order valence-corrected chi connectivity index (χ1v) is 8.82. The second-order valence-corrected chi connectivity index (χ2v) is 6.34. The molecule has 0 saturated carbocycles. The van der Waals surface area contributed by atoms with Gasteiger partial charge in [-0.3, -0.25) is 4.79 Å². The number of amides is 1. The summed E-state index contributed by atoms with van der Waals surface area (Å²) in [6.07, 6.45) is 1.52. The first kappa shape index (κ1) is 18.4. The number of aromatic nitrogens is 4. The van der Waals surface area contributed by atoms with Crippen LogP contribution < -0.4 is 15.9 Å². The van der Waals surface area contributed by atoms with E-state index in [0.717, 1.165) is 10.4 Å². The Morgan fingerprint density at radius 1 is 1.10 bits per heavy atom. The minimum atomic E-state index is -0.462. The van der Waals surface area contributed by atoms with Gasteiger partial charge < -0.3 is 10.2 Å². The lowest BCUT2D eigenvalue weighted by atomic mass is 10.3. The standard InChI is InChI=1S/C20H17FN6O2/c1-25(16-5-3-2-4-6-16)18(28)13-27-20(29)26-12-11-17(23-19(26)24-27)22-15-9-7-14(21)8-10-15/h2-12H,13H2,1H3,(H,22,23,24). The third kappa shape index (κ3) is 3.84. The topological polar surface area (TPSA) is 84.5 Å². The molecular formula is C20H17FN6O2. The summed E-state index contributed by atoms with van der Waals surface area (Å²) in [6, 6.07) is 16.5. The molecule has 0 bridgehead atoms. The summed E-state index contributed by atoms with van der Waals surface area (Å²) in [5, 5.41) is 7.17. The van der Waals surface area contributed by atoms with Crippen molar-refractivity contribution >= 4 is 28.9 Å². The largest absolute Gasteiger partial charge is 0.352 e. The number of para-hydroxylation sites is 1. The van der Waals surface area contributed by atoms with Crippen LogP contribution in [-0.2, 0) is 11.3 Å². The SMILES string of the molecule is CN(C(=O)Cn1nc2nc(Nc3ccc(F)cc3)ccn2c1=O)c1ccccc1. The summed E-state index contributed by atoms with van der Waals surface area (Å²) in [4.78, 5) is 30.8. The van der Waals surface area contributed by atoms with Crippen LogP contribution >= 0.6 is 0 Å². The molecule has 29 heavy (non-hydrogen) atoms. The molecule has 146 valence electrons. The number of carbonyl (C=O) groups is 1. The zero-order chi connectivity index (χ0) is 20.4. The van der Waals surface area contributed by atoms with Crippen LogP contribution in [0.15, 0.2) is 71.7 Å². The Morgan fingerprint density at radius 3 is 2.55 bits per heavy atom. The van der Waals surface area contributed by atoms with Crippen molar-refractivity contribution in [3.05, 3.63) is 83.2 Å². The van der Waals surface area contributed by atoms with Crippen molar-refractivity contribution in [2.45, 2.75) is 6.54 Å². The van der Waals surface area contributed by atoms with E-state index in [2.05, 4.69) is 15.4 Å². The Hall–Kier alpha value is -4.01.